The molecule has 15 atom stereocenters. The molecule has 1 amide bonds. The van der Waals surface area contributed by atoms with Crippen molar-refractivity contribution in [1.82, 2.24) is 5.32 Å². The summed E-state index contributed by atoms with van der Waals surface area (Å²) < 4.78 is 21.2. The van der Waals surface area contributed by atoms with Crippen LogP contribution in [0.15, 0.2) is 0 Å². The molecule has 250 valence electrons. The first-order valence-electron chi connectivity index (χ1n) is 13.0. The Kier molecular flexibility index (Phi) is 16.6. The van der Waals surface area contributed by atoms with E-state index in [2.05, 4.69) is 5.32 Å². The number of carbonyl (C=O) groups is 3. The number of nitrogens with one attached hydrogen (secondary N) is 1. The summed E-state index contributed by atoms with van der Waals surface area (Å²) in [6.45, 7) is -2.16. The average molecular weight is 656 g/mol. The zero-order valence-electron chi connectivity index (χ0n) is 23.7. The summed E-state index contributed by atoms with van der Waals surface area (Å²) >= 11 is 0. The van der Waals surface area contributed by atoms with Crippen LogP contribution in [0.25, 0.3) is 0 Å². The van der Waals surface area contributed by atoms with E-state index in [0.717, 1.165) is 6.92 Å². The van der Waals surface area contributed by atoms with Crippen molar-refractivity contribution in [1.29, 1.82) is 0 Å². The zero-order chi connectivity index (χ0) is 32.8. The van der Waals surface area contributed by atoms with Crippen LogP contribution in [0.3, 0.4) is 0 Å². The molecule has 0 aromatic carbocycles. The molecule has 2 saturated heterocycles. The number of carbonyl (C=O) groups excluding carboxylic acids is 3. The molecule has 0 saturated carbocycles. The molecule has 2 fully saturated rings. The zero-order valence-corrected chi connectivity index (χ0v) is 25.7. The smallest absolute Gasteiger partial charge is 0.544 e. The van der Waals surface area contributed by atoms with Gasteiger partial charge in [0.1, 0.15) is 73.1 Å². The van der Waals surface area contributed by atoms with Crippen molar-refractivity contribution >= 4 is 18.2 Å². The largest absolute Gasteiger partial charge is 1.00 e. The fraction of sp³-hybridized carbons (Fsp3) is 0.870. The van der Waals surface area contributed by atoms with Gasteiger partial charge in [-0.15, -0.1) is 0 Å². The third-order valence-corrected chi connectivity index (χ3v) is 7.00. The number of hydrogen-bond acceptors (Lipinski definition) is 19. The Morgan fingerprint density at radius 1 is 1.02 bits per heavy atom. The van der Waals surface area contributed by atoms with Crippen LogP contribution in [0.5, 0.6) is 0 Å². The topological polar surface area (TPSA) is 346 Å². The predicted molar refractivity (Wildman–Crippen MR) is 129 cm³/mol. The second-order valence-electron chi connectivity index (χ2n) is 10.2. The molecule has 2 heterocycles. The summed E-state index contributed by atoms with van der Waals surface area (Å²) in [6, 6.07) is -1.53. The molecule has 0 aromatic rings. The van der Waals surface area contributed by atoms with Crippen LogP contribution in [0.4, 0.5) is 0 Å². The van der Waals surface area contributed by atoms with Gasteiger partial charge >= 0.3 is 29.6 Å². The third-order valence-electron chi connectivity index (χ3n) is 7.00. The number of carboxylic acids is 1. The van der Waals surface area contributed by atoms with Crippen LogP contribution in [0, 0.1) is 0 Å². The van der Waals surface area contributed by atoms with E-state index in [-0.39, 0.29) is 35.8 Å². The van der Waals surface area contributed by atoms with E-state index in [1.807, 2.05) is 0 Å². The van der Waals surface area contributed by atoms with Gasteiger partial charge < -0.3 is 95.1 Å². The Hall–Kier alpha value is -0.990. The summed E-state index contributed by atoms with van der Waals surface area (Å²) in [4.78, 5) is 34.7. The van der Waals surface area contributed by atoms with Gasteiger partial charge in [0, 0.05) is 13.3 Å². The van der Waals surface area contributed by atoms with Crippen LogP contribution in [0.1, 0.15) is 13.3 Å². The fourth-order valence-electron chi connectivity index (χ4n) is 4.58. The molecule has 44 heavy (non-hydrogen) atoms. The van der Waals surface area contributed by atoms with Gasteiger partial charge in [-0.1, -0.05) is 0 Å². The van der Waals surface area contributed by atoms with Gasteiger partial charge in [-0.2, -0.15) is 0 Å². The molecular weight excluding hydrogens is 617 g/mol. The van der Waals surface area contributed by atoms with Gasteiger partial charge in [-0.05, 0) is 0 Å². The Morgan fingerprint density at radius 3 is 2.11 bits per heavy atom. The van der Waals surface area contributed by atoms with Crippen LogP contribution in [0.2, 0.25) is 0 Å². The standard InChI is InChI=1S/C23H39NO19.Na/c1-7(28)24-13-8(29)2-23(22(38)39,43-20(13)15(34)10(31)4-26)40-6-12-16(35)17(36)18(37)21(41-12)42-19(11(32)5-27)14(33)9(30)3-25;/h3,8-21,26-27,29-37H,2,4-6H2,1H3,(H,24,28)(H,38,39);/q;+1/p-1/t8-,9-,10+,11+,12+,13+,14+,15+,16-,17-,18+,19?,20+,21-,23+;/m0./s1. The maximum absolute atomic E-state index is 12.2. The van der Waals surface area contributed by atoms with Crippen LogP contribution >= 0.6 is 0 Å². The number of ether oxygens (including phenoxy) is 4. The third kappa shape index (κ3) is 9.53. The molecule has 2 aliphatic heterocycles. The number of aldehydes is 1. The maximum Gasteiger partial charge on any atom is 1.00 e. The van der Waals surface area contributed by atoms with Crippen molar-refractivity contribution in [2.24, 2.45) is 0 Å². The van der Waals surface area contributed by atoms with Gasteiger partial charge in [0.2, 0.25) is 11.7 Å². The molecule has 21 heteroatoms. The summed E-state index contributed by atoms with van der Waals surface area (Å²) in [5.74, 6) is -5.88. The van der Waals surface area contributed by atoms with E-state index in [1.54, 1.807) is 0 Å². The minimum absolute atomic E-state index is 0. The molecule has 0 aliphatic carbocycles. The van der Waals surface area contributed by atoms with Gasteiger partial charge in [0.15, 0.2) is 12.6 Å². The molecule has 0 radical (unpaired) electrons. The molecule has 20 nitrogen and oxygen atoms in total. The van der Waals surface area contributed by atoms with Crippen molar-refractivity contribution in [3.63, 3.8) is 0 Å². The van der Waals surface area contributed by atoms with E-state index in [0.29, 0.717) is 0 Å². The minimum Gasteiger partial charge on any atom is -0.544 e. The Labute approximate surface area is 271 Å². The first-order valence-corrected chi connectivity index (χ1v) is 13.0. The van der Waals surface area contributed by atoms with Gasteiger partial charge in [0.05, 0.1) is 32.0 Å². The van der Waals surface area contributed by atoms with E-state index in [4.69, 9.17) is 18.9 Å². The van der Waals surface area contributed by atoms with E-state index in [1.165, 1.54) is 0 Å². The Balaban J connectivity index is 0.00000968. The normalized spacial score (nSPS) is 36.5. The molecule has 0 aromatic heterocycles. The van der Waals surface area contributed by atoms with Crippen molar-refractivity contribution in [2.75, 3.05) is 19.8 Å². The maximum atomic E-state index is 12.2. The molecule has 2 rings (SSSR count). The second kappa shape index (κ2) is 17.8. The van der Waals surface area contributed by atoms with Crippen molar-refractivity contribution in [3.8, 4) is 0 Å². The quantitative estimate of drug-likeness (QED) is 0.0575. The van der Waals surface area contributed by atoms with Crippen LogP contribution in [-0.4, -0.2) is 186 Å². The number of rotatable bonds is 15. The molecule has 1 unspecified atom stereocenters. The summed E-state index contributed by atoms with van der Waals surface area (Å²) in [5.41, 5.74) is 0. The summed E-state index contributed by atoms with van der Waals surface area (Å²) in [6.07, 6.45) is -27.5. The molecule has 0 bridgehead atoms. The Bertz CT molecular complexity index is 934. The minimum atomic E-state index is -2.98. The van der Waals surface area contributed by atoms with E-state index in [9.17, 15) is 75.7 Å². The first-order chi connectivity index (χ1) is 20.0. The number of aliphatic hydroxyl groups is 11. The molecule has 2 aliphatic rings. The fourth-order valence-corrected chi connectivity index (χ4v) is 4.58. The SMILES string of the molecule is CC(=O)N[C@H]1[C@H]([C@H](O)[C@H](O)CO)O[C@@](OC[C@H]2O[C@@H](OC([C@H](O)CO)[C@H](O)[C@@H](O)C=O)[C@H](O)[C@@H](O)[C@H]2O)(C(=O)[O-])C[C@@H]1O.[Na+]. The number of hydrogen-bond donors (Lipinski definition) is 12. The second-order valence-corrected chi connectivity index (χ2v) is 10.2. The molecule has 0 spiro atoms. The predicted octanol–water partition coefficient (Wildman–Crippen LogP) is -12.7. The summed E-state index contributed by atoms with van der Waals surface area (Å²) in [7, 11) is 0. The van der Waals surface area contributed by atoms with Crippen LogP contribution in [-0.2, 0) is 33.3 Å². The average Bonchev–Trinajstić information content (AvgIpc) is 2.97. The van der Waals surface area contributed by atoms with Gasteiger partial charge in [-0.3, -0.25) is 4.79 Å². The number of carboxylic acid groups (broad SMARTS) is 1. The number of aliphatic carboxylic acids is 1. The monoisotopic (exact) mass is 655 g/mol. The number of amides is 1. The van der Waals surface area contributed by atoms with Gasteiger partial charge in [0.25, 0.3) is 0 Å². The van der Waals surface area contributed by atoms with Crippen molar-refractivity contribution < 1.29 is 124 Å². The van der Waals surface area contributed by atoms with E-state index < -0.39 is 129 Å². The van der Waals surface area contributed by atoms with Crippen molar-refractivity contribution in [2.45, 2.75) is 105 Å². The van der Waals surface area contributed by atoms with Gasteiger partial charge in [-0.25, -0.2) is 0 Å². The molecular formula is C23H38NNaO19. The first kappa shape index (κ1) is 41.0. The van der Waals surface area contributed by atoms with Crippen molar-refractivity contribution in [3.05, 3.63) is 0 Å². The molecule has 12 N–H and O–H groups in total. The number of aliphatic hydroxyl groups excluding tert-OH is 11. The Morgan fingerprint density at radius 2 is 1.61 bits per heavy atom. The van der Waals surface area contributed by atoms with E-state index >= 15 is 0 Å². The van der Waals surface area contributed by atoms with Crippen LogP contribution < -0.4 is 40.0 Å². The summed E-state index contributed by atoms with van der Waals surface area (Å²) in [5, 5.41) is 125.